The molecule has 0 radical (unpaired) electrons. The number of aryl methyl sites for hydroxylation is 2. The van der Waals surface area contributed by atoms with Crippen molar-refractivity contribution >= 4 is 32.5 Å². The Morgan fingerprint density at radius 2 is 1.77 bits per heavy atom. The molecule has 162 valence electrons. The van der Waals surface area contributed by atoms with Gasteiger partial charge in [0, 0.05) is 35.9 Å². The van der Waals surface area contributed by atoms with Crippen molar-refractivity contribution in [1.82, 2.24) is 9.29 Å². The fraction of sp³-hybridized carbons (Fsp3) is 0.304. The lowest BCUT2D eigenvalue weighted by Gasteiger charge is -2.26. The summed E-state index contributed by atoms with van der Waals surface area (Å²) in [5, 5.41) is 3.32. The Morgan fingerprint density at radius 3 is 2.52 bits per heavy atom. The van der Waals surface area contributed by atoms with Crippen molar-refractivity contribution in [2.24, 2.45) is 0 Å². The molecular weight excluding hydrogens is 417 g/mol. The largest absolute Gasteiger partial charge is 0.322 e. The van der Waals surface area contributed by atoms with Crippen LogP contribution in [0.25, 0.3) is 10.9 Å². The van der Waals surface area contributed by atoms with E-state index >= 15 is 0 Å². The van der Waals surface area contributed by atoms with Crippen LogP contribution >= 0.6 is 0 Å². The third-order valence-corrected chi connectivity index (χ3v) is 7.56. The monoisotopic (exact) mass is 441 g/mol. The van der Waals surface area contributed by atoms with Crippen LogP contribution in [0.15, 0.2) is 47.4 Å². The SMILES string of the molecule is Cc1cc(C(=O)Nc2ccc(C)c(S(=O)(=O)N3CCCCC3)c2)c2ccc(F)cc2n1. The van der Waals surface area contributed by atoms with E-state index in [1.165, 1.54) is 28.6 Å². The second-order valence-corrected chi connectivity index (χ2v) is 9.78. The fourth-order valence-electron chi connectivity index (χ4n) is 3.92. The molecule has 2 aromatic carbocycles. The van der Waals surface area contributed by atoms with Crippen LogP contribution in [0, 0.1) is 19.7 Å². The Labute approximate surface area is 181 Å². The number of amides is 1. The van der Waals surface area contributed by atoms with E-state index in [1.807, 2.05) is 0 Å². The number of pyridine rings is 1. The molecule has 6 nitrogen and oxygen atoms in total. The van der Waals surface area contributed by atoms with E-state index in [0.29, 0.717) is 46.5 Å². The number of sulfonamides is 1. The standard InChI is InChI=1S/C23H24FN3O3S/c1-15-6-8-18(14-22(15)31(29,30)27-10-4-3-5-11-27)26-23(28)20-12-16(2)25-21-13-17(24)7-9-19(20)21/h6-9,12-14H,3-5,10-11H2,1-2H3,(H,26,28). The van der Waals surface area contributed by atoms with Crippen LogP contribution in [0.2, 0.25) is 0 Å². The number of hydrogen-bond acceptors (Lipinski definition) is 4. The number of hydrogen-bond donors (Lipinski definition) is 1. The highest BCUT2D eigenvalue weighted by Gasteiger charge is 2.27. The van der Waals surface area contributed by atoms with Gasteiger partial charge in [0.25, 0.3) is 5.91 Å². The molecule has 0 spiro atoms. The summed E-state index contributed by atoms with van der Waals surface area (Å²) in [6, 6.07) is 10.6. The molecule has 0 unspecified atom stereocenters. The molecule has 31 heavy (non-hydrogen) atoms. The summed E-state index contributed by atoms with van der Waals surface area (Å²) in [4.78, 5) is 17.5. The lowest BCUT2D eigenvalue weighted by Crippen LogP contribution is -2.36. The zero-order valence-electron chi connectivity index (χ0n) is 17.5. The lowest BCUT2D eigenvalue weighted by atomic mass is 10.1. The van der Waals surface area contributed by atoms with Gasteiger partial charge in [-0.15, -0.1) is 0 Å². The second kappa shape index (κ2) is 8.36. The Kier molecular flexibility index (Phi) is 5.77. The fourth-order valence-corrected chi connectivity index (χ4v) is 5.69. The molecule has 3 aromatic rings. The second-order valence-electron chi connectivity index (χ2n) is 7.87. The number of piperidine rings is 1. The molecule has 1 amide bonds. The van der Waals surface area contributed by atoms with Gasteiger partial charge in [-0.05, 0) is 62.6 Å². The first kappa shape index (κ1) is 21.4. The lowest BCUT2D eigenvalue weighted by molar-refractivity contribution is 0.102. The molecule has 0 saturated carbocycles. The molecule has 1 aromatic heterocycles. The maximum Gasteiger partial charge on any atom is 0.256 e. The summed E-state index contributed by atoms with van der Waals surface area (Å²) in [5.41, 5.74) is 2.34. The molecule has 0 atom stereocenters. The minimum absolute atomic E-state index is 0.199. The Hall–Kier alpha value is -2.84. The van der Waals surface area contributed by atoms with Crippen molar-refractivity contribution in [2.45, 2.75) is 38.0 Å². The summed E-state index contributed by atoms with van der Waals surface area (Å²) in [7, 11) is -3.63. The Morgan fingerprint density at radius 1 is 1.03 bits per heavy atom. The zero-order valence-corrected chi connectivity index (χ0v) is 18.3. The van der Waals surface area contributed by atoms with Gasteiger partial charge >= 0.3 is 0 Å². The van der Waals surface area contributed by atoms with Crippen LogP contribution < -0.4 is 5.32 Å². The van der Waals surface area contributed by atoms with Crippen LogP contribution in [0.5, 0.6) is 0 Å². The molecule has 0 bridgehead atoms. The van der Waals surface area contributed by atoms with Gasteiger partial charge in [0.2, 0.25) is 10.0 Å². The molecule has 8 heteroatoms. The van der Waals surface area contributed by atoms with Crippen LogP contribution in [-0.4, -0.2) is 36.7 Å². The first-order chi connectivity index (χ1) is 14.8. The zero-order chi connectivity index (χ0) is 22.2. The van der Waals surface area contributed by atoms with Gasteiger partial charge in [-0.2, -0.15) is 4.31 Å². The van der Waals surface area contributed by atoms with Crippen molar-refractivity contribution in [2.75, 3.05) is 18.4 Å². The van der Waals surface area contributed by atoms with Gasteiger partial charge in [-0.1, -0.05) is 12.5 Å². The highest BCUT2D eigenvalue weighted by atomic mass is 32.2. The number of benzene rings is 2. The van der Waals surface area contributed by atoms with Crippen molar-refractivity contribution in [3.63, 3.8) is 0 Å². The van der Waals surface area contributed by atoms with Crippen molar-refractivity contribution < 1.29 is 17.6 Å². The summed E-state index contributed by atoms with van der Waals surface area (Å²) in [6.45, 7) is 4.50. The molecule has 1 N–H and O–H groups in total. The van der Waals surface area contributed by atoms with E-state index < -0.39 is 21.7 Å². The Balaban J connectivity index is 1.67. The molecule has 1 saturated heterocycles. The molecular formula is C23H24FN3O3S. The maximum atomic E-state index is 13.6. The predicted molar refractivity (Wildman–Crippen MR) is 118 cm³/mol. The molecule has 0 aliphatic carbocycles. The smallest absolute Gasteiger partial charge is 0.256 e. The number of aromatic nitrogens is 1. The molecule has 4 rings (SSSR count). The average molecular weight is 442 g/mol. The van der Waals surface area contributed by atoms with Crippen molar-refractivity contribution in [1.29, 1.82) is 0 Å². The van der Waals surface area contributed by atoms with E-state index in [0.717, 1.165) is 19.3 Å². The average Bonchev–Trinajstić information content (AvgIpc) is 2.74. The maximum absolute atomic E-state index is 13.6. The minimum Gasteiger partial charge on any atom is -0.322 e. The normalized spacial score (nSPS) is 15.2. The van der Waals surface area contributed by atoms with Crippen molar-refractivity contribution in [3.05, 3.63) is 65.1 Å². The van der Waals surface area contributed by atoms with E-state index in [-0.39, 0.29) is 4.90 Å². The predicted octanol–water partition coefficient (Wildman–Crippen LogP) is 4.42. The minimum atomic E-state index is -3.63. The van der Waals surface area contributed by atoms with E-state index in [1.54, 1.807) is 32.0 Å². The van der Waals surface area contributed by atoms with Gasteiger partial charge in [0.05, 0.1) is 16.0 Å². The number of fused-ring (bicyclic) bond motifs is 1. The number of halogens is 1. The van der Waals surface area contributed by atoms with Crippen molar-refractivity contribution in [3.8, 4) is 0 Å². The summed E-state index contributed by atoms with van der Waals surface area (Å²) in [5.74, 6) is -0.838. The number of anilines is 1. The Bertz CT molecular complexity index is 1260. The molecule has 1 fully saturated rings. The van der Waals surface area contributed by atoms with Crippen LogP contribution in [0.3, 0.4) is 0 Å². The van der Waals surface area contributed by atoms with Gasteiger partial charge in [0.1, 0.15) is 5.82 Å². The third-order valence-electron chi connectivity index (χ3n) is 5.52. The summed E-state index contributed by atoms with van der Waals surface area (Å²) >= 11 is 0. The number of carbonyl (C=O) groups is 1. The molecule has 1 aliphatic rings. The summed E-state index contributed by atoms with van der Waals surface area (Å²) in [6.07, 6.45) is 2.73. The first-order valence-electron chi connectivity index (χ1n) is 10.2. The highest BCUT2D eigenvalue weighted by Crippen LogP contribution is 2.27. The number of nitrogens with one attached hydrogen (secondary N) is 1. The third kappa shape index (κ3) is 4.31. The van der Waals surface area contributed by atoms with Crippen LogP contribution in [-0.2, 0) is 10.0 Å². The van der Waals surface area contributed by atoms with Gasteiger partial charge in [-0.3, -0.25) is 9.78 Å². The van der Waals surface area contributed by atoms with E-state index in [4.69, 9.17) is 0 Å². The van der Waals surface area contributed by atoms with Gasteiger partial charge < -0.3 is 5.32 Å². The number of rotatable bonds is 4. The van der Waals surface area contributed by atoms with E-state index in [2.05, 4.69) is 10.3 Å². The number of nitrogens with zero attached hydrogens (tertiary/aromatic N) is 2. The summed E-state index contributed by atoms with van der Waals surface area (Å²) < 4.78 is 41.4. The van der Waals surface area contributed by atoms with Crippen LogP contribution in [0.1, 0.15) is 40.9 Å². The molecule has 1 aliphatic heterocycles. The van der Waals surface area contributed by atoms with Crippen LogP contribution in [0.4, 0.5) is 10.1 Å². The topological polar surface area (TPSA) is 79.4 Å². The van der Waals surface area contributed by atoms with Gasteiger partial charge in [0.15, 0.2) is 0 Å². The number of carbonyl (C=O) groups excluding carboxylic acids is 1. The first-order valence-corrected chi connectivity index (χ1v) is 11.7. The quantitative estimate of drug-likeness (QED) is 0.650. The highest BCUT2D eigenvalue weighted by molar-refractivity contribution is 7.89. The molecule has 2 heterocycles. The van der Waals surface area contributed by atoms with E-state index in [9.17, 15) is 17.6 Å². The van der Waals surface area contributed by atoms with Gasteiger partial charge in [-0.25, -0.2) is 12.8 Å².